The predicted molar refractivity (Wildman–Crippen MR) is 54.8 cm³/mol. The number of aryl methyl sites for hydroxylation is 1. The van der Waals surface area contributed by atoms with Crippen molar-refractivity contribution in [1.29, 1.82) is 0 Å². The van der Waals surface area contributed by atoms with Crippen LogP contribution in [-0.4, -0.2) is 14.2 Å². The minimum Gasteiger partial charge on any atom is -0.324 e. The van der Waals surface area contributed by atoms with Crippen molar-refractivity contribution < 1.29 is 8.42 Å². The van der Waals surface area contributed by atoms with Gasteiger partial charge in [-0.15, -0.1) is 0 Å². The number of benzene rings is 1. The summed E-state index contributed by atoms with van der Waals surface area (Å²) in [5.74, 6) is 0.171. The van der Waals surface area contributed by atoms with Crippen LogP contribution in [0.5, 0.6) is 0 Å². The van der Waals surface area contributed by atoms with Crippen molar-refractivity contribution in [1.82, 2.24) is 0 Å². The first-order valence-corrected chi connectivity index (χ1v) is 6.25. The summed E-state index contributed by atoms with van der Waals surface area (Å²) in [4.78, 5) is 0.427. The van der Waals surface area contributed by atoms with E-state index >= 15 is 0 Å². The number of hydrogen-bond acceptors (Lipinski definition) is 3. The van der Waals surface area contributed by atoms with Gasteiger partial charge in [-0.3, -0.25) is 0 Å². The van der Waals surface area contributed by atoms with Crippen LogP contribution in [-0.2, 0) is 9.84 Å². The SMILES string of the molecule is Cc1cccc2c1[C@H](N)CCS2(=O)=O. The van der Waals surface area contributed by atoms with Gasteiger partial charge in [0.25, 0.3) is 0 Å². The van der Waals surface area contributed by atoms with E-state index in [2.05, 4.69) is 0 Å². The van der Waals surface area contributed by atoms with E-state index in [9.17, 15) is 8.42 Å². The first-order valence-electron chi connectivity index (χ1n) is 4.60. The molecule has 1 aliphatic heterocycles. The Kier molecular flexibility index (Phi) is 2.12. The highest BCUT2D eigenvalue weighted by atomic mass is 32.2. The van der Waals surface area contributed by atoms with Crippen molar-refractivity contribution >= 4 is 9.84 Å². The molecular formula is C10H13NO2S. The average molecular weight is 211 g/mol. The number of nitrogens with two attached hydrogens (primary N) is 1. The number of hydrogen-bond donors (Lipinski definition) is 1. The summed E-state index contributed by atoms with van der Waals surface area (Å²) in [5.41, 5.74) is 7.68. The molecule has 3 nitrogen and oxygen atoms in total. The maximum atomic E-state index is 11.7. The molecule has 4 heteroatoms. The molecule has 2 N–H and O–H groups in total. The molecule has 1 aliphatic rings. The Labute approximate surface area is 83.9 Å². The summed E-state index contributed by atoms with van der Waals surface area (Å²) in [6, 6.07) is 5.19. The number of fused-ring (bicyclic) bond motifs is 1. The maximum absolute atomic E-state index is 11.7. The van der Waals surface area contributed by atoms with Crippen LogP contribution in [0.25, 0.3) is 0 Å². The molecule has 0 radical (unpaired) electrons. The molecule has 1 aromatic carbocycles. The van der Waals surface area contributed by atoms with Gasteiger partial charge in [-0.1, -0.05) is 12.1 Å². The summed E-state index contributed by atoms with van der Waals surface area (Å²) in [6.45, 7) is 1.90. The van der Waals surface area contributed by atoms with E-state index in [-0.39, 0.29) is 11.8 Å². The lowest BCUT2D eigenvalue weighted by Crippen LogP contribution is -2.25. The highest BCUT2D eigenvalue weighted by Crippen LogP contribution is 2.32. The van der Waals surface area contributed by atoms with Gasteiger partial charge in [-0.05, 0) is 30.5 Å². The molecule has 0 spiro atoms. The lowest BCUT2D eigenvalue weighted by Gasteiger charge is -2.23. The fraction of sp³-hybridized carbons (Fsp3) is 0.400. The fourth-order valence-corrected chi connectivity index (χ4v) is 3.65. The molecule has 76 valence electrons. The van der Waals surface area contributed by atoms with Crippen LogP contribution >= 0.6 is 0 Å². The largest absolute Gasteiger partial charge is 0.324 e. The summed E-state index contributed by atoms with van der Waals surface area (Å²) in [6.07, 6.45) is 0.528. The van der Waals surface area contributed by atoms with Crippen molar-refractivity contribution in [2.24, 2.45) is 5.73 Å². The lowest BCUT2D eigenvalue weighted by atomic mass is 10.00. The second-order valence-electron chi connectivity index (χ2n) is 3.70. The zero-order valence-electron chi connectivity index (χ0n) is 8.03. The van der Waals surface area contributed by atoms with E-state index < -0.39 is 9.84 Å². The van der Waals surface area contributed by atoms with Crippen molar-refractivity contribution in [3.05, 3.63) is 29.3 Å². The third kappa shape index (κ3) is 1.35. The topological polar surface area (TPSA) is 60.2 Å². The molecule has 0 saturated heterocycles. The Morgan fingerprint density at radius 3 is 2.79 bits per heavy atom. The minimum absolute atomic E-state index is 0.130. The third-order valence-corrected chi connectivity index (χ3v) is 4.49. The van der Waals surface area contributed by atoms with Gasteiger partial charge < -0.3 is 5.73 Å². The molecule has 0 amide bonds. The van der Waals surface area contributed by atoms with Gasteiger partial charge in [0.1, 0.15) is 0 Å². The zero-order valence-corrected chi connectivity index (χ0v) is 8.84. The fourth-order valence-electron chi connectivity index (χ4n) is 1.94. The second-order valence-corrected chi connectivity index (χ2v) is 5.78. The Morgan fingerprint density at radius 2 is 2.14 bits per heavy atom. The Hall–Kier alpha value is -0.870. The van der Waals surface area contributed by atoms with Crippen LogP contribution in [0.4, 0.5) is 0 Å². The van der Waals surface area contributed by atoms with Crippen molar-refractivity contribution in [3.63, 3.8) is 0 Å². The third-order valence-electron chi connectivity index (χ3n) is 2.69. The van der Waals surface area contributed by atoms with E-state index in [4.69, 9.17) is 5.73 Å². The van der Waals surface area contributed by atoms with Crippen LogP contribution in [0.15, 0.2) is 23.1 Å². The lowest BCUT2D eigenvalue weighted by molar-refractivity contribution is 0.567. The standard InChI is InChI=1S/C10H13NO2S/c1-7-3-2-4-9-10(7)8(11)5-6-14(9,12)13/h2-4,8H,5-6,11H2,1H3/t8-/m1/s1. The monoisotopic (exact) mass is 211 g/mol. The van der Waals surface area contributed by atoms with Gasteiger partial charge in [-0.2, -0.15) is 0 Å². The highest BCUT2D eigenvalue weighted by molar-refractivity contribution is 7.91. The van der Waals surface area contributed by atoms with E-state index in [1.807, 2.05) is 13.0 Å². The maximum Gasteiger partial charge on any atom is 0.178 e. The minimum atomic E-state index is -3.08. The molecule has 0 saturated carbocycles. The van der Waals surface area contributed by atoms with Gasteiger partial charge in [0.15, 0.2) is 9.84 Å². The molecule has 0 bridgehead atoms. The smallest absolute Gasteiger partial charge is 0.178 e. The van der Waals surface area contributed by atoms with Gasteiger partial charge in [-0.25, -0.2) is 8.42 Å². The average Bonchev–Trinajstić information content (AvgIpc) is 2.12. The second kappa shape index (κ2) is 3.07. The van der Waals surface area contributed by atoms with E-state index in [0.29, 0.717) is 11.3 Å². The van der Waals surface area contributed by atoms with Crippen molar-refractivity contribution in [2.75, 3.05) is 5.75 Å². The first kappa shape index (κ1) is 9.68. The summed E-state index contributed by atoms with van der Waals surface area (Å²) in [5, 5.41) is 0. The normalized spacial score (nSPS) is 24.3. The summed E-state index contributed by atoms with van der Waals surface area (Å²) < 4.78 is 23.4. The zero-order chi connectivity index (χ0) is 10.3. The molecule has 14 heavy (non-hydrogen) atoms. The summed E-state index contributed by atoms with van der Waals surface area (Å²) in [7, 11) is -3.08. The van der Waals surface area contributed by atoms with E-state index in [0.717, 1.165) is 11.1 Å². The molecule has 2 rings (SSSR count). The van der Waals surface area contributed by atoms with Crippen molar-refractivity contribution in [2.45, 2.75) is 24.3 Å². The van der Waals surface area contributed by atoms with Crippen LogP contribution in [0, 0.1) is 6.92 Å². The van der Waals surface area contributed by atoms with Crippen molar-refractivity contribution in [3.8, 4) is 0 Å². The number of rotatable bonds is 0. The number of sulfone groups is 1. The molecule has 1 atom stereocenters. The molecule has 0 aliphatic carbocycles. The van der Waals surface area contributed by atoms with Crippen LogP contribution in [0.2, 0.25) is 0 Å². The van der Waals surface area contributed by atoms with Gasteiger partial charge in [0, 0.05) is 6.04 Å². The Morgan fingerprint density at radius 1 is 1.43 bits per heavy atom. The molecule has 0 unspecified atom stereocenters. The Balaban J connectivity index is 2.75. The molecule has 1 heterocycles. The van der Waals surface area contributed by atoms with Gasteiger partial charge >= 0.3 is 0 Å². The van der Waals surface area contributed by atoms with Crippen LogP contribution < -0.4 is 5.73 Å². The molecular weight excluding hydrogens is 198 g/mol. The van der Waals surface area contributed by atoms with Crippen LogP contribution in [0.1, 0.15) is 23.6 Å². The molecule has 0 aromatic heterocycles. The van der Waals surface area contributed by atoms with E-state index in [1.54, 1.807) is 12.1 Å². The summed E-state index contributed by atoms with van der Waals surface area (Å²) >= 11 is 0. The Bertz CT molecular complexity index is 465. The van der Waals surface area contributed by atoms with Gasteiger partial charge in [0.05, 0.1) is 10.6 Å². The highest BCUT2D eigenvalue weighted by Gasteiger charge is 2.28. The van der Waals surface area contributed by atoms with Gasteiger partial charge in [0.2, 0.25) is 0 Å². The molecule has 0 fully saturated rings. The predicted octanol–water partition coefficient (Wildman–Crippen LogP) is 1.17. The first-order chi connectivity index (χ1) is 6.52. The van der Waals surface area contributed by atoms with E-state index in [1.165, 1.54) is 0 Å². The quantitative estimate of drug-likeness (QED) is 0.700. The van der Waals surface area contributed by atoms with Crippen LogP contribution in [0.3, 0.4) is 0 Å². The molecule has 1 aromatic rings.